The number of benzene rings is 2. The number of nitrogens with one attached hydrogen (secondary N) is 1. The second-order valence-corrected chi connectivity index (χ2v) is 6.01. The van der Waals surface area contributed by atoms with E-state index in [1.807, 2.05) is 31.2 Å². The van der Waals surface area contributed by atoms with Crippen molar-refractivity contribution < 1.29 is 14.0 Å². The number of likely N-dealkylation sites (N-methyl/N-ethyl adjacent to an activating group) is 1. The van der Waals surface area contributed by atoms with Gasteiger partial charge in [-0.2, -0.15) is 0 Å². The van der Waals surface area contributed by atoms with Crippen molar-refractivity contribution in [3.05, 3.63) is 71.0 Å². The Morgan fingerprint density at radius 3 is 2.28 bits per heavy atom. The highest BCUT2D eigenvalue weighted by Crippen LogP contribution is 2.16. The highest BCUT2D eigenvalue weighted by molar-refractivity contribution is 5.88. The zero-order valence-electron chi connectivity index (χ0n) is 14.8. The van der Waals surface area contributed by atoms with Gasteiger partial charge in [0.2, 0.25) is 11.8 Å². The van der Waals surface area contributed by atoms with E-state index in [1.165, 1.54) is 18.0 Å². The minimum atomic E-state index is -0.649. The van der Waals surface area contributed by atoms with Crippen molar-refractivity contribution >= 4 is 11.8 Å². The van der Waals surface area contributed by atoms with Gasteiger partial charge in [-0.1, -0.05) is 42.5 Å². The number of halogens is 1. The first-order chi connectivity index (χ1) is 11.9. The van der Waals surface area contributed by atoms with Gasteiger partial charge in [-0.05, 0) is 36.6 Å². The van der Waals surface area contributed by atoms with Crippen LogP contribution in [0.4, 0.5) is 4.39 Å². The number of nitrogens with zero attached hydrogens (tertiary/aromatic N) is 1. The number of carbonyl (C=O) groups excluding carboxylic acids is 2. The fourth-order valence-corrected chi connectivity index (χ4v) is 2.67. The van der Waals surface area contributed by atoms with Crippen molar-refractivity contribution in [2.75, 3.05) is 7.05 Å². The van der Waals surface area contributed by atoms with E-state index in [4.69, 9.17) is 0 Å². The molecule has 0 aliphatic rings. The molecule has 2 rings (SSSR count). The number of hydrogen-bond acceptors (Lipinski definition) is 2. The van der Waals surface area contributed by atoms with Crippen LogP contribution in [0.3, 0.4) is 0 Å². The van der Waals surface area contributed by atoms with Crippen LogP contribution in [0.5, 0.6) is 0 Å². The molecule has 2 aromatic rings. The number of aryl methyl sites for hydroxylation is 1. The number of amides is 2. The van der Waals surface area contributed by atoms with Gasteiger partial charge < -0.3 is 10.2 Å². The van der Waals surface area contributed by atoms with E-state index in [0.29, 0.717) is 12.1 Å². The highest BCUT2D eigenvalue weighted by Gasteiger charge is 2.26. The van der Waals surface area contributed by atoms with Crippen LogP contribution in [0.25, 0.3) is 0 Å². The van der Waals surface area contributed by atoms with E-state index in [2.05, 4.69) is 5.32 Å². The van der Waals surface area contributed by atoms with Gasteiger partial charge in [0.15, 0.2) is 0 Å². The van der Waals surface area contributed by atoms with E-state index in [-0.39, 0.29) is 18.2 Å². The second kappa shape index (κ2) is 8.42. The lowest BCUT2D eigenvalue weighted by Gasteiger charge is -2.29. The Hall–Kier alpha value is -2.69. The molecule has 0 fully saturated rings. The molecule has 0 saturated carbocycles. The lowest BCUT2D eigenvalue weighted by molar-refractivity contribution is -0.139. The van der Waals surface area contributed by atoms with Crippen LogP contribution in [0, 0.1) is 12.7 Å². The van der Waals surface area contributed by atoms with Gasteiger partial charge >= 0.3 is 0 Å². The summed E-state index contributed by atoms with van der Waals surface area (Å²) in [5.74, 6) is -0.959. The van der Waals surface area contributed by atoms with Crippen molar-refractivity contribution in [2.45, 2.75) is 32.9 Å². The molecule has 0 heterocycles. The molecule has 0 unspecified atom stereocenters. The number of hydrogen-bond donors (Lipinski definition) is 1. The molecule has 5 heteroatoms. The molecule has 0 aliphatic heterocycles. The Bertz CT molecular complexity index is 761. The molecule has 0 saturated heterocycles. The Morgan fingerprint density at radius 1 is 1.08 bits per heavy atom. The SMILES string of the molecule is CNC(=O)[C@H](C)N(Cc1ccccc1C)C(=O)Cc1ccccc1F. The van der Waals surface area contributed by atoms with Gasteiger partial charge in [0, 0.05) is 13.6 Å². The largest absolute Gasteiger partial charge is 0.357 e. The van der Waals surface area contributed by atoms with Gasteiger partial charge in [-0.25, -0.2) is 4.39 Å². The molecule has 4 nitrogen and oxygen atoms in total. The van der Waals surface area contributed by atoms with Gasteiger partial charge in [-0.15, -0.1) is 0 Å². The van der Waals surface area contributed by atoms with Crippen LogP contribution >= 0.6 is 0 Å². The van der Waals surface area contributed by atoms with Gasteiger partial charge in [0.05, 0.1) is 6.42 Å². The molecule has 0 spiro atoms. The van der Waals surface area contributed by atoms with Gasteiger partial charge in [0.1, 0.15) is 11.9 Å². The predicted molar refractivity (Wildman–Crippen MR) is 95.4 cm³/mol. The fraction of sp³-hybridized carbons (Fsp3) is 0.300. The first-order valence-electron chi connectivity index (χ1n) is 8.23. The van der Waals surface area contributed by atoms with Crippen molar-refractivity contribution in [2.24, 2.45) is 0 Å². The smallest absolute Gasteiger partial charge is 0.242 e. The minimum Gasteiger partial charge on any atom is -0.357 e. The summed E-state index contributed by atoms with van der Waals surface area (Å²) < 4.78 is 13.9. The minimum absolute atomic E-state index is 0.0834. The van der Waals surface area contributed by atoms with Crippen LogP contribution in [-0.4, -0.2) is 29.8 Å². The van der Waals surface area contributed by atoms with Crippen LogP contribution in [0.15, 0.2) is 48.5 Å². The van der Waals surface area contributed by atoms with E-state index in [0.717, 1.165) is 11.1 Å². The summed E-state index contributed by atoms with van der Waals surface area (Å²) >= 11 is 0. The Labute approximate surface area is 147 Å². The summed E-state index contributed by atoms with van der Waals surface area (Å²) in [5, 5.41) is 2.57. The standard InChI is InChI=1S/C20H23FN2O2/c1-14-8-4-5-10-17(14)13-23(15(2)20(25)22-3)19(24)12-16-9-6-7-11-18(16)21/h4-11,15H,12-13H2,1-3H3,(H,22,25)/t15-/m0/s1. The quantitative estimate of drug-likeness (QED) is 0.878. The highest BCUT2D eigenvalue weighted by atomic mass is 19.1. The molecule has 2 aromatic carbocycles. The average Bonchev–Trinajstić information content (AvgIpc) is 2.61. The summed E-state index contributed by atoms with van der Waals surface area (Å²) in [6.07, 6.45) is -0.0834. The lowest BCUT2D eigenvalue weighted by Crippen LogP contribution is -2.47. The maximum atomic E-state index is 13.9. The summed E-state index contributed by atoms with van der Waals surface area (Å²) in [7, 11) is 1.53. The summed E-state index contributed by atoms with van der Waals surface area (Å²) in [5.41, 5.74) is 2.32. The number of rotatable bonds is 6. The molecule has 25 heavy (non-hydrogen) atoms. The normalized spacial score (nSPS) is 11.7. The molecule has 0 aromatic heterocycles. The molecule has 0 bridgehead atoms. The Balaban J connectivity index is 2.27. The van der Waals surface area contributed by atoms with Crippen molar-refractivity contribution in [3.63, 3.8) is 0 Å². The number of carbonyl (C=O) groups is 2. The zero-order valence-corrected chi connectivity index (χ0v) is 14.8. The van der Waals surface area contributed by atoms with E-state index in [1.54, 1.807) is 25.1 Å². The molecular weight excluding hydrogens is 319 g/mol. The molecule has 1 N–H and O–H groups in total. The average molecular weight is 342 g/mol. The summed E-state index contributed by atoms with van der Waals surface area (Å²) in [4.78, 5) is 26.4. The maximum Gasteiger partial charge on any atom is 0.242 e. The van der Waals surface area contributed by atoms with Crippen molar-refractivity contribution in [1.29, 1.82) is 0 Å². The first-order valence-corrected chi connectivity index (χ1v) is 8.23. The van der Waals surface area contributed by atoms with E-state index >= 15 is 0 Å². The van der Waals surface area contributed by atoms with Crippen molar-refractivity contribution in [3.8, 4) is 0 Å². The molecule has 0 radical (unpaired) electrons. The monoisotopic (exact) mass is 342 g/mol. The third-order valence-corrected chi connectivity index (χ3v) is 4.32. The fourth-order valence-electron chi connectivity index (χ4n) is 2.67. The van der Waals surface area contributed by atoms with Crippen LogP contribution in [0.1, 0.15) is 23.6 Å². The molecule has 0 aliphatic carbocycles. The maximum absolute atomic E-state index is 13.9. The molecular formula is C20H23FN2O2. The van der Waals surface area contributed by atoms with E-state index < -0.39 is 11.9 Å². The van der Waals surface area contributed by atoms with E-state index in [9.17, 15) is 14.0 Å². The van der Waals surface area contributed by atoms with Gasteiger partial charge in [-0.3, -0.25) is 9.59 Å². The molecule has 1 atom stereocenters. The lowest BCUT2D eigenvalue weighted by atomic mass is 10.1. The van der Waals surface area contributed by atoms with Crippen LogP contribution in [0.2, 0.25) is 0 Å². The topological polar surface area (TPSA) is 49.4 Å². The summed E-state index contributed by atoms with van der Waals surface area (Å²) in [6, 6.07) is 13.2. The molecule has 132 valence electrons. The second-order valence-electron chi connectivity index (χ2n) is 6.01. The molecule has 2 amide bonds. The third kappa shape index (κ3) is 4.66. The van der Waals surface area contributed by atoms with Crippen LogP contribution < -0.4 is 5.32 Å². The Kier molecular flexibility index (Phi) is 6.28. The van der Waals surface area contributed by atoms with Crippen LogP contribution in [-0.2, 0) is 22.6 Å². The summed E-state index contributed by atoms with van der Waals surface area (Å²) in [6.45, 7) is 3.93. The zero-order chi connectivity index (χ0) is 18.4. The third-order valence-electron chi connectivity index (χ3n) is 4.32. The first kappa shape index (κ1) is 18.6. The van der Waals surface area contributed by atoms with Crippen molar-refractivity contribution in [1.82, 2.24) is 10.2 Å². The van der Waals surface area contributed by atoms with Gasteiger partial charge in [0.25, 0.3) is 0 Å². The Morgan fingerprint density at radius 2 is 1.68 bits per heavy atom. The predicted octanol–water partition coefficient (Wildman–Crippen LogP) is 2.84.